The third kappa shape index (κ3) is 2.25. The molecule has 1 aliphatic carbocycles. The average Bonchev–Trinajstić information content (AvgIpc) is 2.71. The zero-order valence-corrected chi connectivity index (χ0v) is 8.89. The molecule has 0 amide bonds. The molecule has 1 aliphatic heterocycles. The maximum Gasteiger partial charge on any atom is 0.00958 e. The summed E-state index contributed by atoms with van der Waals surface area (Å²) in [7, 11) is 0. The van der Waals surface area contributed by atoms with Crippen molar-refractivity contribution in [2.45, 2.75) is 57.9 Å². The topological polar surface area (TPSA) is 12.0 Å². The van der Waals surface area contributed by atoms with Crippen molar-refractivity contribution in [1.29, 1.82) is 0 Å². The first-order valence-corrected chi connectivity index (χ1v) is 6.11. The lowest BCUT2D eigenvalue weighted by Gasteiger charge is -2.31. The summed E-state index contributed by atoms with van der Waals surface area (Å²) in [6.07, 6.45) is 10.3. The van der Waals surface area contributed by atoms with Crippen molar-refractivity contribution >= 4 is 0 Å². The van der Waals surface area contributed by atoms with Gasteiger partial charge in [0.1, 0.15) is 0 Å². The highest BCUT2D eigenvalue weighted by Crippen LogP contribution is 2.33. The lowest BCUT2D eigenvalue weighted by atomic mass is 9.77. The Hall–Kier alpha value is -0.0400. The van der Waals surface area contributed by atoms with Crippen molar-refractivity contribution in [2.24, 2.45) is 11.8 Å². The van der Waals surface area contributed by atoms with Gasteiger partial charge in [-0.3, -0.25) is 0 Å². The molecular weight excluding hydrogens is 158 g/mol. The maximum atomic E-state index is 3.65. The van der Waals surface area contributed by atoms with Crippen LogP contribution in [0.1, 0.15) is 51.9 Å². The van der Waals surface area contributed by atoms with Crippen LogP contribution in [-0.4, -0.2) is 12.6 Å². The second-order valence-corrected chi connectivity index (χ2v) is 4.96. The highest BCUT2D eigenvalue weighted by atomic mass is 14.9. The van der Waals surface area contributed by atoms with E-state index in [1.165, 1.54) is 51.5 Å². The Morgan fingerprint density at radius 3 is 2.38 bits per heavy atom. The summed E-state index contributed by atoms with van der Waals surface area (Å²) < 4.78 is 0. The highest BCUT2D eigenvalue weighted by molar-refractivity contribution is 4.84. The third-order valence-corrected chi connectivity index (χ3v) is 4.13. The van der Waals surface area contributed by atoms with Crippen molar-refractivity contribution in [3.05, 3.63) is 0 Å². The minimum Gasteiger partial charge on any atom is -0.314 e. The Labute approximate surface area is 82.3 Å². The van der Waals surface area contributed by atoms with Crippen LogP contribution in [-0.2, 0) is 0 Å². The standard InChI is InChI=1S/C12H23N/c1-10(12-8-5-9-13-12)11-6-3-2-4-7-11/h10-13H,2-9H2,1H3/t10-,12?/m0/s1. The molecule has 0 aromatic heterocycles. The second-order valence-electron chi connectivity index (χ2n) is 4.96. The first kappa shape index (κ1) is 9.51. The number of nitrogens with one attached hydrogen (secondary N) is 1. The molecule has 0 radical (unpaired) electrons. The molecule has 0 bridgehead atoms. The zero-order chi connectivity index (χ0) is 9.10. The van der Waals surface area contributed by atoms with Gasteiger partial charge in [-0.15, -0.1) is 0 Å². The molecule has 2 atom stereocenters. The molecule has 1 heteroatoms. The van der Waals surface area contributed by atoms with E-state index in [4.69, 9.17) is 0 Å². The van der Waals surface area contributed by atoms with Crippen molar-refractivity contribution in [1.82, 2.24) is 5.32 Å². The van der Waals surface area contributed by atoms with E-state index >= 15 is 0 Å². The summed E-state index contributed by atoms with van der Waals surface area (Å²) in [5, 5.41) is 3.65. The lowest BCUT2D eigenvalue weighted by molar-refractivity contribution is 0.221. The minimum atomic E-state index is 0.850. The molecule has 0 aromatic carbocycles. The Kier molecular flexibility index (Phi) is 3.26. The summed E-state index contributed by atoms with van der Waals surface area (Å²) in [5.41, 5.74) is 0. The number of hydrogen-bond acceptors (Lipinski definition) is 1. The molecule has 1 nitrogen and oxygen atoms in total. The molecule has 2 aliphatic rings. The first-order chi connectivity index (χ1) is 6.38. The molecule has 2 rings (SSSR count). The van der Waals surface area contributed by atoms with Crippen LogP contribution in [0, 0.1) is 11.8 Å². The molecular formula is C12H23N. The fourth-order valence-electron chi connectivity index (χ4n) is 3.15. The molecule has 2 fully saturated rings. The normalized spacial score (nSPS) is 33.5. The van der Waals surface area contributed by atoms with Gasteiger partial charge >= 0.3 is 0 Å². The van der Waals surface area contributed by atoms with E-state index < -0.39 is 0 Å². The second kappa shape index (κ2) is 4.45. The van der Waals surface area contributed by atoms with Crippen molar-refractivity contribution in [2.75, 3.05) is 6.54 Å². The van der Waals surface area contributed by atoms with Gasteiger partial charge in [0.05, 0.1) is 0 Å². The summed E-state index contributed by atoms with van der Waals surface area (Å²) >= 11 is 0. The fourth-order valence-corrected chi connectivity index (χ4v) is 3.15. The largest absolute Gasteiger partial charge is 0.314 e. The summed E-state index contributed by atoms with van der Waals surface area (Å²) in [6.45, 7) is 3.74. The first-order valence-electron chi connectivity index (χ1n) is 6.11. The van der Waals surface area contributed by atoms with Crippen molar-refractivity contribution < 1.29 is 0 Å². The summed E-state index contributed by atoms with van der Waals surface area (Å²) in [6, 6.07) is 0.850. The van der Waals surface area contributed by atoms with E-state index in [9.17, 15) is 0 Å². The molecule has 0 spiro atoms. The highest BCUT2D eigenvalue weighted by Gasteiger charge is 2.28. The van der Waals surface area contributed by atoms with Gasteiger partial charge in [-0.05, 0) is 31.2 Å². The smallest absolute Gasteiger partial charge is 0.00958 e. The Balaban J connectivity index is 1.83. The van der Waals surface area contributed by atoms with E-state index in [2.05, 4.69) is 12.2 Å². The average molecular weight is 181 g/mol. The van der Waals surface area contributed by atoms with Gasteiger partial charge in [-0.25, -0.2) is 0 Å². The molecule has 0 aromatic rings. The van der Waals surface area contributed by atoms with Gasteiger partial charge in [-0.2, -0.15) is 0 Å². The van der Waals surface area contributed by atoms with E-state index in [1.807, 2.05) is 0 Å². The lowest BCUT2D eigenvalue weighted by Crippen LogP contribution is -2.34. The van der Waals surface area contributed by atoms with Crippen LogP contribution in [0.3, 0.4) is 0 Å². The quantitative estimate of drug-likeness (QED) is 0.690. The monoisotopic (exact) mass is 181 g/mol. The predicted octanol–water partition coefficient (Wildman–Crippen LogP) is 2.95. The molecule has 1 saturated heterocycles. The molecule has 76 valence electrons. The van der Waals surface area contributed by atoms with Crippen LogP contribution in [0.4, 0.5) is 0 Å². The van der Waals surface area contributed by atoms with Gasteiger partial charge in [-0.1, -0.05) is 39.0 Å². The minimum absolute atomic E-state index is 0.850. The SMILES string of the molecule is C[C@@H](C1CCCCC1)C1CCCN1. The summed E-state index contributed by atoms with van der Waals surface area (Å²) in [5.74, 6) is 1.96. The number of rotatable bonds is 2. The van der Waals surface area contributed by atoms with Gasteiger partial charge in [0.2, 0.25) is 0 Å². The molecule has 1 saturated carbocycles. The van der Waals surface area contributed by atoms with Crippen LogP contribution in [0.25, 0.3) is 0 Å². The van der Waals surface area contributed by atoms with E-state index in [0.29, 0.717) is 0 Å². The van der Waals surface area contributed by atoms with Crippen molar-refractivity contribution in [3.8, 4) is 0 Å². The third-order valence-electron chi connectivity index (χ3n) is 4.13. The van der Waals surface area contributed by atoms with Crippen LogP contribution in [0.15, 0.2) is 0 Å². The Bertz CT molecular complexity index is 143. The molecule has 1 unspecified atom stereocenters. The number of hydrogen-bond donors (Lipinski definition) is 1. The predicted molar refractivity (Wildman–Crippen MR) is 56.8 cm³/mol. The van der Waals surface area contributed by atoms with E-state index in [0.717, 1.165) is 17.9 Å². The maximum absolute atomic E-state index is 3.65. The van der Waals surface area contributed by atoms with Gasteiger partial charge < -0.3 is 5.32 Å². The molecule has 13 heavy (non-hydrogen) atoms. The Morgan fingerprint density at radius 1 is 1.00 bits per heavy atom. The molecule has 1 N–H and O–H groups in total. The van der Waals surface area contributed by atoms with Gasteiger partial charge in [0.15, 0.2) is 0 Å². The van der Waals surface area contributed by atoms with Gasteiger partial charge in [0, 0.05) is 6.04 Å². The van der Waals surface area contributed by atoms with Crippen molar-refractivity contribution in [3.63, 3.8) is 0 Å². The van der Waals surface area contributed by atoms with Crippen LogP contribution >= 0.6 is 0 Å². The fraction of sp³-hybridized carbons (Fsp3) is 1.00. The Morgan fingerprint density at radius 2 is 1.77 bits per heavy atom. The van der Waals surface area contributed by atoms with Gasteiger partial charge in [0.25, 0.3) is 0 Å². The van der Waals surface area contributed by atoms with Crippen LogP contribution in [0.2, 0.25) is 0 Å². The zero-order valence-electron chi connectivity index (χ0n) is 8.89. The van der Waals surface area contributed by atoms with E-state index in [-0.39, 0.29) is 0 Å². The van der Waals surface area contributed by atoms with E-state index in [1.54, 1.807) is 0 Å². The van der Waals surface area contributed by atoms with Crippen LogP contribution in [0.5, 0.6) is 0 Å². The summed E-state index contributed by atoms with van der Waals surface area (Å²) in [4.78, 5) is 0. The molecule has 1 heterocycles. The van der Waals surface area contributed by atoms with Crippen LogP contribution < -0.4 is 5.32 Å².